The van der Waals surface area contributed by atoms with Gasteiger partial charge in [0.2, 0.25) is 11.8 Å². The molecule has 2 atom stereocenters. The van der Waals surface area contributed by atoms with E-state index >= 15 is 0 Å². The summed E-state index contributed by atoms with van der Waals surface area (Å²) in [6.07, 6.45) is 23.7. The molecule has 4 saturated heterocycles. The van der Waals surface area contributed by atoms with Crippen molar-refractivity contribution in [3.8, 4) is 24.2 Å². The van der Waals surface area contributed by atoms with E-state index in [1.54, 1.807) is 9.80 Å². The molecule has 0 bridgehead atoms. The van der Waals surface area contributed by atoms with Crippen LogP contribution in [0.25, 0.3) is 0 Å². The summed E-state index contributed by atoms with van der Waals surface area (Å²) >= 11 is 29.6. The molecule has 10 rings (SSSR count). The Balaban J connectivity index is 0.000000220. The van der Waals surface area contributed by atoms with Gasteiger partial charge in [-0.05, 0) is 213 Å². The SMILES string of the molecule is C#CCCCCl.CCOP(=O)(CCCC#Cc1cnc2c(c1)CCc1cc(Cl)cc(Br)c1C2C1CCN(C(=O)CC2CCN(C(N)=O)CC2)CC1)OCC.NC(=O)N1CCC(CC(=O)N2CCC(C3c4ncc(Br)cc4CCc4cc(Cl)cc(Br)c43)CC2)CC1. The number of hydrogen-bond acceptors (Lipinski definition) is 9. The van der Waals surface area contributed by atoms with E-state index in [4.69, 9.17) is 71.7 Å². The van der Waals surface area contributed by atoms with Gasteiger partial charge in [-0.25, -0.2) is 9.59 Å². The van der Waals surface area contributed by atoms with Crippen LogP contribution in [0.4, 0.5) is 9.59 Å². The summed E-state index contributed by atoms with van der Waals surface area (Å²) in [5.41, 5.74) is 21.5. The van der Waals surface area contributed by atoms with E-state index in [1.807, 2.05) is 48.2 Å². The number of nitrogens with two attached hydrogens (primary N) is 2. The molecule has 2 unspecified atom stereocenters. The molecule has 0 radical (unpaired) electrons. The summed E-state index contributed by atoms with van der Waals surface area (Å²) in [6.45, 7) is 9.89. The first kappa shape index (κ1) is 71.6. The van der Waals surface area contributed by atoms with Gasteiger partial charge in [-0.15, -0.1) is 23.9 Å². The third kappa shape index (κ3) is 19.5. The number of primary amides is 2. The number of pyridine rings is 2. The summed E-state index contributed by atoms with van der Waals surface area (Å²) in [7, 11) is -3.06. The summed E-state index contributed by atoms with van der Waals surface area (Å²) in [4.78, 5) is 66.7. The van der Waals surface area contributed by atoms with Crippen molar-refractivity contribution in [2.75, 3.05) is 77.6 Å². The number of benzene rings is 2. The number of halogens is 6. The lowest BCUT2D eigenvalue weighted by atomic mass is 9.76. The van der Waals surface area contributed by atoms with Crippen LogP contribution in [0.5, 0.6) is 0 Å². The van der Waals surface area contributed by atoms with Crippen molar-refractivity contribution in [3.05, 3.63) is 123 Å². The van der Waals surface area contributed by atoms with Crippen LogP contribution in [0.2, 0.25) is 10.0 Å². The summed E-state index contributed by atoms with van der Waals surface area (Å²) in [5.74, 6) is 11.7. The van der Waals surface area contributed by atoms with E-state index in [0.29, 0.717) is 106 Å². The monoisotopic (exact) mass is 1500 g/mol. The standard InChI is InChI=1S/C36H47BrClN4O5P.C27H31Br2ClN4O2.C5H7Cl/c1-3-46-48(45,47-4-2)19-7-5-6-8-26-20-29-10-9-28-22-30(38)23-31(37)33(28)34(35(29)40-24-26)27-13-17-41(18-14-27)32(43)21-25-11-15-42(16-12-25)36(39)44;28-20-12-19-2-1-18-13-21(30)14-22(29)24(18)25(26(19)32-15-20)17-5-9-33(10-6-17)23(35)11-16-3-7-34(8-4-16)27(31)36;1-2-3-4-5-6/h20,22-25,27,34H,3-5,7,9-19,21H2,1-2H3,(H2,39,44);12-17,25H,1-11H2,(H2,31,36);1H,3-5H2. The Hall–Kier alpha value is -4.20. The van der Waals surface area contributed by atoms with Crippen molar-refractivity contribution >= 4 is 114 Å². The lowest BCUT2D eigenvalue weighted by Gasteiger charge is -2.38. The van der Waals surface area contributed by atoms with Crippen molar-refractivity contribution < 1.29 is 32.8 Å². The molecule has 6 heterocycles. The Morgan fingerprint density at radius 1 is 0.611 bits per heavy atom. The number of hydrogen-bond donors (Lipinski definition) is 2. The number of terminal acetylenes is 1. The minimum atomic E-state index is -3.06. The summed E-state index contributed by atoms with van der Waals surface area (Å²) in [5, 5.41) is 1.46. The average molecular weight is 1500 g/mol. The summed E-state index contributed by atoms with van der Waals surface area (Å²) in [6, 6.07) is 11.8. The molecule has 4 N–H and O–H groups in total. The van der Waals surface area contributed by atoms with Crippen molar-refractivity contribution in [1.29, 1.82) is 0 Å². The molecule has 22 heteroatoms. The van der Waals surface area contributed by atoms with Gasteiger partial charge in [0, 0.05) is 137 Å². The van der Waals surface area contributed by atoms with Gasteiger partial charge in [0.05, 0.1) is 30.8 Å². The maximum absolute atomic E-state index is 13.3. The van der Waals surface area contributed by atoms with Crippen LogP contribution in [0.1, 0.15) is 166 Å². The minimum Gasteiger partial charge on any atom is -0.351 e. The average Bonchev–Trinajstić information content (AvgIpc) is 1.50. The zero-order chi connectivity index (χ0) is 64.5. The largest absolute Gasteiger partial charge is 0.351 e. The highest BCUT2D eigenvalue weighted by Gasteiger charge is 2.39. The lowest BCUT2D eigenvalue weighted by molar-refractivity contribution is -0.134. The third-order valence-electron chi connectivity index (χ3n) is 18.4. The molecule has 15 nitrogen and oxygen atoms in total. The zero-order valence-electron chi connectivity index (χ0n) is 51.8. The van der Waals surface area contributed by atoms with Gasteiger partial charge in [-0.2, -0.15) is 0 Å². The van der Waals surface area contributed by atoms with Crippen LogP contribution >= 0.6 is 90.2 Å². The molecule has 90 heavy (non-hydrogen) atoms. The predicted molar refractivity (Wildman–Crippen MR) is 369 cm³/mol. The second-order valence-corrected chi connectivity index (χ2v) is 30.4. The van der Waals surface area contributed by atoms with Crippen LogP contribution in [0.3, 0.4) is 0 Å². The molecule has 2 aromatic heterocycles. The number of amides is 6. The lowest BCUT2D eigenvalue weighted by Crippen LogP contribution is -2.44. The van der Waals surface area contributed by atoms with Gasteiger partial charge >= 0.3 is 19.7 Å². The van der Waals surface area contributed by atoms with Gasteiger partial charge in [-0.3, -0.25) is 24.1 Å². The smallest absolute Gasteiger partial charge is 0.330 e. The summed E-state index contributed by atoms with van der Waals surface area (Å²) < 4.78 is 26.6. The topological polar surface area (TPSA) is 195 Å². The van der Waals surface area contributed by atoms with Gasteiger partial charge in [0.1, 0.15) is 0 Å². The number of nitrogens with zero attached hydrogens (tertiary/aromatic N) is 6. The fourth-order valence-corrected chi connectivity index (χ4v) is 18.3. The molecule has 4 aromatic rings. The maximum atomic E-state index is 13.3. The van der Waals surface area contributed by atoms with Crippen molar-refractivity contribution in [3.63, 3.8) is 0 Å². The van der Waals surface area contributed by atoms with Gasteiger partial charge < -0.3 is 40.1 Å². The van der Waals surface area contributed by atoms with Gasteiger partial charge in [0.15, 0.2) is 0 Å². The number of carbonyl (C=O) groups excluding carboxylic acids is 4. The van der Waals surface area contributed by atoms with Gasteiger partial charge in [0.25, 0.3) is 0 Å². The van der Waals surface area contributed by atoms with Crippen LogP contribution in [-0.2, 0) is 48.9 Å². The second kappa shape index (κ2) is 34.8. The van der Waals surface area contributed by atoms with Crippen LogP contribution in [0, 0.1) is 47.9 Å². The molecule has 6 aliphatic rings. The highest BCUT2D eigenvalue weighted by molar-refractivity contribution is 9.11. The van der Waals surface area contributed by atoms with Crippen molar-refractivity contribution in [2.24, 2.45) is 35.1 Å². The number of fused-ring (bicyclic) bond motifs is 4. The fourth-order valence-electron chi connectivity index (χ4n) is 13.8. The van der Waals surface area contributed by atoms with Crippen LogP contribution in [0.15, 0.2) is 62.2 Å². The van der Waals surface area contributed by atoms with Crippen molar-refractivity contribution in [1.82, 2.24) is 29.6 Å². The zero-order valence-corrected chi connectivity index (χ0v) is 59.7. The third-order valence-corrected chi connectivity index (χ3v) is 23.1. The maximum Gasteiger partial charge on any atom is 0.330 e. The Bertz CT molecular complexity index is 3300. The van der Waals surface area contributed by atoms with E-state index in [2.05, 4.69) is 89.8 Å². The molecular weight excluding hydrogens is 1420 g/mol. The van der Waals surface area contributed by atoms with E-state index in [0.717, 1.165) is 151 Å². The number of piperidine rings is 4. The number of unbranched alkanes of at least 4 members (excludes halogenated alkanes) is 2. The van der Waals surface area contributed by atoms with Crippen LogP contribution < -0.4 is 11.5 Å². The Morgan fingerprint density at radius 3 is 1.47 bits per heavy atom. The second-order valence-electron chi connectivity index (χ2n) is 24.3. The number of carbonyl (C=O) groups is 4. The number of urea groups is 2. The number of aromatic nitrogens is 2. The van der Waals surface area contributed by atoms with E-state index in [-0.39, 0.29) is 35.7 Å². The fraction of sp³-hybridized carbons (Fsp3) is 0.559. The first-order valence-corrected chi connectivity index (χ1v) is 37.3. The first-order valence-electron chi connectivity index (χ1n) is 31.9. The first-order chi connectivity index (χ1) is 43.3. The van der Waals surface area contributed by atoms with E-state index in [1.165, 1.54) is 33.4 Å². The molecular formula is C68H85Br3Cl3N8O7P. The van der Waals surface area contributed by atoms with E-state index in [9.17, 15) is 23.7 Å². The number of likely N-dealkylation sites (tertiary alicyclic amines) is 4. The number of alkyl halides is 1. The number of aryl methyl sites for hydroxylation is 4. The minimum absolute atomic E-state index is 0.0767. The normalized spacial score (nSPS) is 18.9. The molecule has 486 valence electrons. The van der Waals surface area contributed by atoms with Crippen LogP contribution in [-0.4, -0.2) is 131 Å². The number of rotatable bonds is 15. The molecule has 4 fully saturated rings. The van der Waals surface area contributed by atoms with E-state index < -0.39 is 7.60 Å². The predicted octanol–water partition coefficient (Wildman–Crippen LogP) is 15.1. The van der Waals surface area contributed by atoms with Crippen molar-refractivity contribution in [2.45, 2.75) is 141 Å². The Kier molecular flexibility index (Phi) is 27.7. The molecule has 0 spiro atoms. The van der Waals surface area contributed by atoms with Gasteiger partial charge in [-0.1, -0.05) is 66.9 Å². The molecule has 2 aromatic carbocycles. The molecule has 4 aliphatic heterocycles. The quantitative estimate of drug-likeness (QED) is 0.0504. The Morgan fingerprint density at radius 2 is 1.04 bits per heavy atom. The highest BCUT2D eigenvalue weighted by Crippen LogP contribution is 2.50. The molecule has 6 amide bonds. The molecule has 2 aliphatic carbocycles. The highest BCUT2D eigenvalue weighted by atomic mass is 79.9. The Labute approximate surface area is 572 Å². The molecule has 0 saturated carbocycles.